The Labute approximate surface area is 149 Å². The van der Waals surface area contributed by atoms with Crippen LogP contribution in [0.1, 0.15) is 17.3 Å². The second-order valence-electron chi connectivity index (χ2n) is 5.27. The van der Waals surface area contributed by atoms with Crippen molar-refractivity contribution in [2.75, 3.05) is 23.1 Å². The number of imide groups is 1. The molecular weight excluding hydrogens is 338 g/mol. The van der Waals surface area contributed by atoms with Crippen LogP contribution in [0.25, 0.3) is 0 Å². The summed E-state index contributed by atoms with van der Waals surface area (Å²) in [4.78, 5) is 48.5. The highest BCUT2D eigenvalue weighted by Gasteiger charge is 2.26. The summed E-state index contributed by atoms with van der Waals surface area (Å²) in [7, 11) is 1.25. The molecule has 0 fully saturated rings. The minimum atomic E-state index is -1.04. The van der Waals surface area contributed by atoms with Gasteiger partial charge in [-0.3, -0.25) is 14.4 Å². The first kappa shape index (κ1) is 18.7. The average Bonchev–Trinajstić information content (AvgIpc) is 2.63. The average molecular weight is 355 g/mol. The van der Waals surface area contributed by atoms with Crippen LogP contribution in [-0.4, -0.2) is 30.8 Å². The Morgan fingerprint density at radius 1 is 0.962 bits per heavy atom. The van der Waals surface area contributed by atoms with Gasteiger partial charge in [-0.2, -0.15) is 0 Å². The molecule has 0 aliphatic carbocycles. The summed E-state index contributed by atoms with van der Waals surface area (Å²) in [6.07, 6.45) is 0. The summed E-state index contributed by atoms with van der Waals surface area (Å²) in [6.45, 7) is 1.17. The van der Waals surface area contributed by atoms with Gasteiger partial charge in [-0.1, -0.05) is 0 Å². The number of methoxy groups -OCH3 is 1. The van der Waals surface area contributed by atoms with Crippen molar-refractivity contribution < 1.29 is 23.9 Å². The van der Waals surface area contributed by atoms with Crippen molar-refractivity contribution in [2.45, 2.75) is 6.92 Å². The summed E-state index contributed by atoms with van der Waals surface area (Å²) in [5, 5.41) is 2.38. The second kappa shape index (κ2) is 7.93. The molecule has 26 heavy (non-hydrogen) atoms. The van der Waals surface area contributed by atoms with E-state index in [0.717, 1.165) is 4.90 Å². The number of hydrogen-bond donors (Lipinski definition) is 2. The first-order chi connectivity index (χ1) is 12.3. The highest BCUT2D eigenvalue weighted by Crippen LogP contribution is 2.18. The molecular formula is C18H17N3O5. The van der Waals surface area contributed by atoms with Gasteiger partial charge in [0.1, 0.15) is 0 Å². The molecule has 0 aliphatic rings. The van der Waals surface area contributed by atoms with Crippen LogP contribution in [0.2, 0.25) is 0 Å². The molecule has 134 valence electrons. The summed E-state index contributed by atoms with van der Waals surface area (Å²) >= 11 is 0. The van der Waals surface area contributed by atoms with Crippen LogP contribution >= 0.6 is 0 Å². The molecule has 3 N–H and O–H groups in total. The molecule has 0 unspecified atom stereocenters. The molecule has 0 saturated heterocycles. The fourth-order valence-electron chi connectivity index (χ4n) is 2.16. The first-order valence-corrected chi connectivity index (χ1v) is 7.53. The Morgan fingerprint density at radius 2 is 1.54 bits per heavy atom. The Hall–Kier alpha value is -3.68. The molecule has 2 rings (SSSR count). The van der Waals surface area contributed by atoms with Gasteiger partial charge in [-0.15, -0.1) is 0 Å². The number of hydrogen-bond acceptors (Lipinski definition) is 6. The number of nitrogens with one attached hydrogen (secondary N) is 1. The number of nitrogen functional groups attached to an aromatic ring is 1. The molecule has 8 nitrogen and oxygen atoms in total. The van der Waals surface area contributed by atoms with Crippen LogP contribution in [-0.2, 0) is 19.1 Å². The molecule has 3 amide bonds. The molecule has 0 spiro atoms. The number of nitrogens with zero attached hydrogens (tertiary/aromatic N) is 1. The zero-order valence-electron chi connectivity index (χ0n) is 14.2. The van der Waals surface area contributed by atoms with Gasteiger partial charge in [-0.05, 0) is 48.5 Å². The molecule has 0 saturated carbocycles. The van der Waals surface area contributed by atoms with E-state index in [9.17, 15) is 19.2 Å². The zero-order chi connectivity index (χ0) is 19.3. The summed E-state index contributed by atoms with van der Waals surface area (Å²) < 4.78 is 4.58. The van der Waals surface area contributed by atoms with Crippen molar-refractivity contribution in [1.82, 2.24) is 0 Å². The smallest absolute Gasteiger partial charge is 0.337 e. The number of amides is 3. The fourth-order valence-corrected chi connectivity index (χ4v) is 2.16. The quantitative estimate of drug-likeness (QED) is 0.490. The van der Waals surface area contributed by atoms with Crippen molar-refractivity contribution in [3.63, 3.8) is 0 Å². The van der Waals surface area contributed by atoms with Crippen molar-refractivity contribution in [3.8, 4) is 0 Å². The zero-order valence-corrected chi connectivity index (χ0v) is 14.2. The first-order valence-electron chi connectivity index (χ1n) is 7.53. The molecule has 0 radical (unpaired) electrons. The highest BCUT2D eigenvalue weighted by molar-refractivity contribution is 6.48. The Morgan fingerprint density at radius 3 is 2.04 bits per heavy atom. The van der Waals surface area contributed by atoms with Gasteiger partial charge in [0.15, 0.2) is 0 Å². The predicted octanol–water partition coefficient (Wildman–Crippen LogP) is 1.57. The Bertz CT molecular complexity index is 844. The number of carbonyl (C=O) groups is 4. The SMILES string of the molecule is COC(=O)c1ccc(NC(=O)C(=O)N(C(C)=O)c2ccc(N)cc2)cc1. The van der Waals surface area contributed by atoms with Crippen LogP contribution in [0.5, 0.6) is 0 Å². The largest absolute Gasteiger partial charge is 0.465 e. The maximum atomic E-state index is 12.4. The van der Waals surface area contributed by atoms with E-state index in [1.165, 1.54) is 62.6 Å². The third-order valence-electron chi connectivity index (χ3n) is 3.43. The topological polar surface area (TPSA) is 119 Å². The number of esters is 1. The van der Waals surface area contributed by atoms with E-state index >= 15 is 0 Å². The van der Waals surface area contributed by atoms with Gasteiger partial charge in [0.05, 0.1) is 18.4 Å². The van der Waals surface area contributed by atoms with Gasteiger partial charge in [-0.25, -0.2) is 9.69 Å². The van der Waals surface area contributed by atoms with Gasteiger partial charge < -0.3 is 15.8 Å². The number of rotatable bonds is 3. The second-order valence-corrected chi connectivity index (χ2v) is 5.27. The maximum Gasteiger partial charge on any atom is 0.337 e. The Kier molecular flexibility index (Phi) is 5.69. The number of ether oxygens (including phenoxy) is 1. The van der Waals surface area contributed by atoms with E-state index in [1.807, 2.05) is 0 Å². The van der Waals surface area contributed by atoms with E-state index in [2.05, 4.69) is 10.1 Å². The van der Waals surface area contributed by atoms with Crippen LogP contribution in [0.4, 0.5) is 17.1 Å². The lowest BCUT2D eigenvalue weighted by molar-refractivity contribution is -0.136. The summed E-state index contributed by atoms with van der Waals surface area (Å²) in [5.74, 6) is -3.18. The van der Waals surface area contributed by atoms with Crippen LogP contribution < -0.4 is 16.0 Å². The molecule has 8 heteroatoms. The monoisotopic (exact) mass is 355 g/mol. The van der Waals surface area contributed by atoms with Gasteiger partial charge in [0.25, 0.3) is 0 Å². The van der Waals surface area contributed by atoms with E-state index in [0.29, 0.717) is 11.3 Å². The fraction of sp³-hybridized carbons (Fsp3) is 0.111. The molecule has 0 aromatic heterocycles. The van der Waals surface area contributed by atoms with Crippen molar-refractivity contribution in [1.29, 1.82) is 0 Å². The molecule has 0 heterocycles. The van der Waals surface area contributed by atoms with Crippen LogP contribution in [0.15, 0.2) is 48.5 Å². The predicted molar refractivity (Wildman–Crippen MR) is 95.4 cm³/mol. The number of benzene rings is 2. The van der Waals surface area contributed by atoms with E-state index < -0.39 is 23.7 Å². The summed E-state index contributed by atoms with van der Waals surface area (Å²) in [6, 6.07) is 11.7. The van der Waals surface area contributed by atoms with Gasteiger partial charge in [0, 0.05) is 18.3 Å². The number of anilines is 3. The molecule has 2 aromatic rings. The standard InChI is InChI=1S/C18H17N3O5/c1-11(22)21(15-9-5-13(19)6-10-15)17(24)16(23)20-14-7-3-12(4-8-14)18(25)26-2/h3-10H,19H2,1-2H3,(H,20,23). The minimum Gasteiger partial charge on any atom is -0.465 e. The van der Waals surface area contributed by atoms with Crippen LogP contribution in [0.3, 0.4) is 0 Å². The summed E-state index contributed by atoms with van der Waals surface area (Å²) in [5.41, 5.74) is 6.86. The van der Waals surface area contributed by atoms with Gasteiger partial charge >= 0.3 is 17.8 Å². The lowest BCUT2D eigenvalue weighted by atomic mass is 10.2. The maximum absolute atomic E-state index is 12.4. The van der Waals surface area contributed by atoms with E-state index in [4.69, 9.17) is 5.73 Å². The van der Waals surface area contributed by atoms with E-state index in [-0.39, 0.29) is 11.4 Å². The minimum absolute atomic E-state index is 0.230. The van der Waals surface area contributed by atoms with E-state index in [1.54, 1.807) is 0 Å². The lowest BCUT2D eigenvalue weighted by Crippen LogP contribution is -2.42. The normalized spacial score (nSPS) is 9.92. The highest BCUT2D eigenvalue weighted by atomic mass is 16.5. The van der Waals surface area contributed by atoms with Crippen molar-refractivity contribution >= 4 is 40.8 Å². The third-order valence-corrected chi connectivity index (χ3v) is 3.43. The Balaban J connectivity index is 2.16. The van der Waals surface area contributed by atoms with Gasteiger partial charge in [0.2, 0.25) is 5.91 Å². The molecule has 0 atom stereocenters. The van der Waals surface area contributed by atoms with Crippen molar-refractivity contribution in [2.24, 2.45) is 0 Å². The number of carbonyl (C=O) groups excluding carboxylic acids is 4. The number of nitrogens with two attached hydrogens (primary N) is 1. The third kappa shape index (κ3) is 4.23. The van der Waals surface area contributed by atoms with Crippen LogP contribution in [0, 0.1) is 0 Å². The molecule has 0 aliphatic heterocycles. The van der Waals surface area contributed by atoms with Crippen molar-refractivity contribution in [3.05, 3.63) is 54.1 Å². The molecule has 2 aromatic carbocycles. The lowest BCUT2D eigenvalue weighted by Gasteiger charge is -2.18. The molecule has 0 bridgehead atoms.